The number of hydrogen-bond acceptors (Lipinski definition) is 3. The standard InChI is InChI=1S/C17H24NO3/c1-5-16(14-10-8-7-9-11-14)18(3,4)12-15(19)13-21-17(20)6-2/h5-11,15-16,19H,1-2,12-13H2,3-4H3/q+1. The summed E-state index contributed by atoms with van der Waals surface area (Å²) in [5, 5.41) is 10.1. The first-order valence-electron chi connectivity index (χ1n) is 6.88. The van der Waals surface area contributed by atoms with Crippen molar-refractivity contribution in [3.63, 3.8) is 0 Å². The fraction of sp³-hybridized carbons (Fsp3) is 0.353. The van der Waals surface area contributed by atoms with Gasteiger partial charge in [-0.1, -0.05) is 43.5 Å². The van der Waals surface area contributed by atoms with Gasteiger partial charge >= 0.3 is 5.97 Å². The van der Waals surface area contributed by atoms with Crippen LogP contribution in [0.4, 0.5) is 0 Å². The fourth-order valence-electron chi connectivity index (χ4n) is 2.42. The van der Waals surface area contributed by atoms with Gasteiger partial charge in [0.25, 0.3) is 0 Å². The van der Waals surface area contributed by atoms with Crippen LogP contribution < -0.4 is 0 Å². The Hall–Kier alpha value is -1.91. The molecule has 0 aliphatic rings. The van der Waals surface area contributed by atoms with E-state index in [1.165, 1.54) is 0 Å². The van der Waals surface area contributed by atoms with E-state index in [0.717, 1.165) is 11.6 Å². The molecule has 114 valence electrons. The van der Waals surface area contributed by atoms with Gasteiger partial charge in [0.15, 0.2) is 0 Å². The Morgan fingerprint density at radius 3 is 2.48 bits per heavy atom. The molecule has 0 fully saturated rings. The summed E-state index contributed by atoms with van der Waals surface area (Å²) in [5.74, 6) is -0.525. The first-order chi connectivity index (χ1) is 9.90. The molecule has 21 heavy (non-hydrogen) atoms. The molecule has 0 aliphatic carbocycles. The lowest BCUT2D eigenvalue weighted by molar-refractivity contribution is -0.917. The molecular weight excluding hydrogens is 266 g/mol. The number of rotatable bonds is 8. The quantitative estimate of drug-likeness (QED) is 0.345. The summed E-state index contributed by atoms with van der Waals surface area (Å²) in [7, 11) is 4.02. The number of benzene rings is 1. The summed E-state index contributed by atoms with van der Waals surface area (Å²) in [6.07, 6.45) is 2.22. The molecule has 2 atom stereocenters. The van der Waals surface area contributed by atoms with Crippen molar-refractivity contribution < 1.29 is 19.1 Å². The smallest absolute Gasteiger partial charge is 0.330 e. The highest BCUT2D eigenvalue weighted by Gasteiger charge is 2.30. The largest absolute Gasteiger partial charge is 0.460 e. The number of carbonyl (C=O) groups is 1. The van der Waals surface area contributed by atoms with E-state index in [1.54, 1.807) is 0 Å². The first kappa shape index (κ1) is 17.1. The van der Waals surface area contributed by atoms with Gasteiger partial charge < -0.3 is 14.3 Å². The molecule has 0 saturated heterocycles. The molecule has 0 radical (unpaired) electrons. The zero-order valence-corrected chi connectivity index (χ0v) is 12.7. The van der Waals surface area contributed by atoms with Crippen molar-refractivity contribution in [1.82, 2.24) is 0 Å². The van der Waals surface area contributed by atoms with Gasteiger partial charge in [0.2, 0.25) is 0 Å². The molecule has 0 heterocycles. The number of esters is 1. The number of ether oxygens (including phenoxy) is 1. The summed E-state index contributed by atoms with van der Waals surface area (Å²) in [6.45, 7) is 7.63. The Labute approximate surface area is 126 Å². The Kier molecular flexibility index (Phi) is 6.34. The maximum Gasteiger partial charge on any atom is 0.330 e. The average molecular weight is 290 g/mol. The minimum absolute atomic E-state index is 0.0365. The lowest BCUT2D eigenvalue weighted by atomic mass is 10.0. The Bertz CT molecular complexity index is 482. The molecule has 1 aromatic rings. The zero-order valence-electron chi connectivity index (χ0n) is 12.7. The minimum atomic E-state index is -0.741. The van der Waals surface area contributed by atoms with Gasteiger partial charge in [-0.3, -0.25) is 0 Å². The third-order valence-electron chi connectivity index (χ3n) is 3.38. The molecule has 0 aliphatic heterocycles. The molecule has 0 bridgehead atoms. The number of likely N-dealkylation sites (N-methyl/N-ethyl adjacent to an activating group) is 1. The highest BCUT2D eigenvalue weighted by atomic mass is 16.5. The van der Waals surface area contributed by atoms with Crippen LogP contribution in [0.3, 0.4) is 0 Å². The third kappa shape index (κ3) is 5.17. The van der Waals surface area contributed by atoms with Crippen LogP contribution in [0, 0.1) is 0 Å². The van der Waals surface area contributed by atoms with Crippen LogP contribution in [-0.2, 0) is 9.53 Å². The molecule has 1 aromatic carbocycles. The topological polar surface area (TPSA) is 46.5 Å². The molecule has 4 heteroatoms. The molecule has 4 nitrogen and oxygen atoms in total. The first-order valence-corrected chi connectivity index (χ1v) is 6.88. The number of hydrogen-bond donors (Lipinski definition) is 1. The van der Waals surface area contributed by atoms with Crippen molar-refractivity contribution in [2.75, 3.05) is 27.2 Å². The van der Waals surface area contributed by atoms with E-state index < -0.39 is 12.1 Å². The lowest BCUT2D eigenvalue weighted by Crippen LogP contribution is -2.48. The number of nitrogens with zero attached hydrogens (tertiary/aromatic N) is 1. The van der Waals surface area contributed by atoms with Crippen LogP contribution in [0.5, 0.6) is 0 Å². The SMILES string of the molecule is C=CC(=O)OCC(O)C[N+](C)(C)C(C=C)c1ccccc1. The van der Waals surface area contributed by atoms with Crippen LogP contribution in [0.25, 0.3) is 0 Å². The maximum atomic E-state index is 11.0. The van der Waals surface area contributed by atoms with Gasteiger partial charge in [0, 0.05) is 11.6 Å². The predicted molar refractivity (Wildman–Crippen MR) is 83.5 cm³/mol. The number of aliphatic hydroxyl groups is 1. The van der Waals surface area contributed by atoms with Crippen LogP contribution >= 0.6 is 0 Å². The van der Waals surface area contributed by atoms with Crippen LogP contribution in [0.15, 0.2) is 55.6 Å². The summed E-state index contributed by atoms with van der Waals surface area (Å²) >= 11 is 0. The normalized spacial score (nSPS) is 14.0. The van der Waals surface area contributed by atoms with Crippen molar-refractivity contribution in [2.45, 2.75) is 12.1 Å². The molecule has 0 saturated carbocycles. The van der Waals surface area contributed by atoms with E-state index in [2.05, 4.69) is 13.2 Å². The second-order valence-corrected chi connectivity index (χ2v) is 5.54. The van der Waals surface area contributed by atoms with E-state index in [9.17, 15) is 9.90 Å². The molecule has 0 spiro atoms. The molecule has 2 unspecified atom stereocenters. The summed E-state index contributed by atoms with van der Waals surface area (Å²) in [4.78, 5) is 11.0. The number of aliphatic hydroxyl groups excluding tert-OH is 1. The Morgan fingerprint density at radius 2 is 1.95 bits per heavy atom. The number of carbonyl (C=O) groups excluding carboxylic acids is 1. The zero-order chi connectivity index (χ0) is 15.9. The second kappa shape index (κ2) is 7.76. The molecule has 1 N–H and O–H groups in total. The van der Waals surface area contributed by atoms with Gasteiger partial charge in [0.05, 0.1) is 14.1 Å². The summed E-state index contributed by atoms with van der Waals surface area (Å²) < 4.78 is 5.39. The van der Waals surface area contributed by atoms with Crippen molar-refractivity contribution >= 4 is 5.97 Å². The monoisotopic (exact) mass is 290 g/mol. The van der Waals surface area contributed by atoms with Gasteiger partial charge in [-0.15, -0.1) is 0 Å². The van der Waals surface area contributed by atoms with Crippen LogP contribution in [-0.4, -0.2) is 48.9 Å². The third-order valence-corrected chi connectivity index (χ3v) is 3.38. The number of quaternary nitrogens is 1. The summed E-state index contributed by atoms with van der Waals surface area (Å²) in [6, 6.07) is 10.1. The van der Waals surface area contributed by atoms with Crippen molar-refractivity contribution in [3.05, 3.63) is 61.2 Å². The van der Waals surface area contributed by atoms with Gasteiger partial charge in [-0.25, -0.2) is 4.79 Å². The van der Waals surface area contributed by atoms with E-state index in [1.807, 2.05) is 50.5 Å². The van der Waals surface area contributed by atoms with E-state index in [4.69, 9.17) is 4.74 Å². The van der Waals surface area contributed by atoms with Crippen molar-refractivity contribution in [2.24, 2.45) is 0 Å². The molecule has 0 aromatic heterocycles. The Balaban J connectivity index is 2.72. The second-order valence-electron chi connectivity index (χ2n) is 5.54. The maximum absolute atomic E-state index is 11.0. The van der Waals surface area contributed by atoms with E-state index in [0.29, 0.717) is 11.0 Å². The highest BCUT2D eigenvalue weighted by molar-refractivity contribution is 5.81. The molecule has 1 rings (SSSR count). The molecule has 0 amide bonds. The minimum Gasteiger partial charge on any atom is -0.460 e. The van der Waals surface area contributed by atoms with Crippen LogP contribution in [0.1, 0.15) is 11.6 Å². The molecular formula is C17H24NO3+. The van der Waals surface area contributed by atoms with Gasteiger partial charge in [-0.2, -0.15) is 0 Å². The van der Waals surface area contributed by atoms with E-state index in [-0.39, 0.29) is 12.6 Å². The fourth-order valence-corrected chi connectivity index (χ4v) is 2.42. The summed E-state index contributed by atoms with van der Waals surface area (Å²) in [5.41, 5.74) is 1.13. The van der Waals surface area contributed by atoms with Gasteiger partial charge in [-0.05, 0) is 6.08 Å². The Morgan fingerprint density at radius 1 is 1.33 bits per heavy atom. The van der Waals surface area contributed by atoms with Gasteiger partial charge in [0.1, 0.15) is 25.3 Å². The lowest BCUT2D eigenvalue weighted by Gasteiger charge is -2.38. The highest BCUT2D eigenvalue weighted by Crippen LogP contribution is 2.26. The van der Waals surface area contributed by atoms with Crippen molar-refractivity contribution in [1.29, 1.82) is 0 Å². The predicted octanol–water partition coefficient (Wildman–Crippen LogP) is 2.08. The average Bonchev–Trinajstić information content (AvgIpc) is 2.45. The van der Waals surface area contributed by atoms with E-state index >= 15 is 0 Å². The van der Waals surface area contributed by atoms with Crippen LogP contribution in [0.2, 0.25) is 0 Å². The van der Waals surface area contributed by atoms with Crippen molar-refractivity contribution in [3.8, 4) is 0 Å².